The second kappa shape index (κ2) is 9.32. The van der Waals surface area contributed by atoms with E-state index < -0.39 is 5.63 Å². The molecule has 9 heteroatoms. The largest absolute Gasteiger partial charge is 0.497 e. The maximum absolute atomic E-state index is 13.0. The highest BCUT2D eigenvalue weighted by atomic mass is 16.7. The van der Waals surface area contributed by atoms with Gasteiger partial charge in [0.05, 0.1) is 70.0 Å². The molecule has 2 aliphatic heterocycles. The zero-order valence-corrected chi connectivity index (χ0v) is 20.0. The normalized spacial score (nSPS) is 18.5. The number of anilines is 1. The van der Waals surface area contributed by atoms with Crippen molar-refractivity contribution in [3.8, 4) is 17.2 Å². The lowest BCUT2D eigenvalue weighted by molar-refractivity contribution is -0.915. The minimum atomic E-state index is -0.395. The van der Waals surface area contributed by atoms with Gasteiger partial charge in [0.15, 0.2) is 0 Å². The van der Waals surface area contributed by atoms with E-state index in [4.69, 9.17) is 23.6 Å². The number of quaternary nitrogens is 1. The van der Waals surface area contributed by atoms with Crippen molar-refractivity contribution in [3.63, 3.8) is 0 Å². The number of fused-ring (bicyclic) bond motifs is 1. The van der Waals surface area contributed by atoms with Crippen molar-refractivity contribution in [2.45, 2.75) is 19.6 Å². The number of aryl methyl sites for hydroxylation is 1. The second-order valence-corrected chi connectivity index (χ2v) is 9.12. The molecule has 4 heterocycles. The number of methoxy groups -OCH3 is 1. The first-order valence-electron chi connectivity index (χ1n) is 11.8. The summed E-state index contributed by atoms with van der Waals surface area (Å²) >= 11 is 0. The number of aromatic nitrogens is 2. The number of likely N-dealkylation sites (N-methyl/N-ethyl adjacent to an activating group) is 1. The fourth-order valence-electron chi connectivity index (χ4n) is 4.79. The maximum Gasteiger partial charge on any atom is 0.347 e. The van der Waals surface area contributed by atoms with Crippen molar-refractivity contribution in [1.82, 2.24) is 9.97 Å². The number of pyridine rings is 1. The van der Waals surface area contributed by atoms with Crippen LogP contribution in [0.5, 0.6) is 5.75 Å². The average molecular weight is 468 g/mol. The van der Waals surface area contributed by atoms with E-state index in [2.05, 4.69) is 16.9 Å². The van der Waals surface area contributed by atoms with E-state index in [0.29, 0.717) is 41.9 Å². The van der Waals surface area contributed by atoms with Crippen LogP contribution in [0.4, 0.5) is 5.82 Å². The van der Waals surface area contributed by atoms with Gasteiger partial charge in [-0.05, 0) is 30.2 Å². The highest BCUT2D eigenvalue weighted by Gasteiger charge is 2.35. The molecule has 180 valence electrons. The average Bonchev–Trinajstić information content (AvgIpc) is 3.36. The lowest BCUT2D eigenvalue weighted by Gasteiger charge is -2.43. The highest BCUT2D eigenvalue weighted by molar-refractivity contribution is 5.84. The van der Waals surface area contributed by atoms with E-state index >= 15 is 0 Å². The predicted octanol–water partition coefficient (Wildman–Crippen LogP) is 2.46. The van der Waals surface area contributed by atoms with Gasteiger partial charge in [0.1, 0.15) is 18.1 Å². The van der Waals surface area contributed by atoms with E-state index in [0.717, 1.165) is 48.6 Å². The van der Waals surface area contributed by atoms with Gasteiger partial charge in [0.25, 0.3) is 0 Å². The minimum Gasteiger partial charge on any atom is -0.497 e. The van der Waals surface area contributed by atoms with Gasteiger partial charge >= 0.3 is 5.63 Å². The Balaban J connectivity index is 1.45. The molecule has 9 nitrogen and oxygen atoms in total. The van der Waals surface area contributed by atoms with Crippen molar-refractivity contribution < 1.29 is 23.1 Å². The number of piperazine rings is 1. The Bertz CT molecular complexity index is 1230. The van der Waals surface area contributed by atoms with Crippen LogP contribution in [0.15, 0.2) is 39.7 Å². The zero-order chi connectivity index (χ0) is 23.7. The number of ether oxygens (including phenoxy) is 3. The van der Waals surface area contributed by atoms with Gasteiger partial charge in [-0.2, -0.15) is 0 Å². The summed E-state index contributed by atoms with van der Waals surface area (Å²) in [5.74, 6) is 1.71. The third kappa shape index (κ3) is 4.38. The Morgan fingerprint density at radius 2 is 1.97 bits per heavy atom. The molecule has 3 aromatic rings. The Labute approximate surface area is 198 Å². The molecule has 2 fully saturated rings. The van der Waals surface area contributed by atoms with Crippen LogP contribution in [-0.2, 0) is 15.9 Å². The topological polar surface area (TPSA) is 86.9 Å². The first-order valence-corrected chi connectivity index (χ1v) is 11.8. The molecule has 34 heavy (non-hydrogen) atoms. The van der Waals surface area contributed by atoms with Gasteiger partial charge < -0.3 is 28.0 Å². The van der Waals surface area contributed by atoms with Crippen LogP contribution in [0.25, 0.3) is 22.4 Å². The summed E-state index contributed by atoms with van der Waals surface area (Å²) in [6, 6.07) is 7.39. The lowest BCUT2D eigenvalue weighted by atomic mass is 10.1. The van der Waals surface area contributed by atoms with Crippen LogP contribution in [-0.4, -0.2) is 80.8 Å². The van der Waals surface area contributed by atoms with E-state index in [1.165, 1.54) is 0 Å². The second-order valence-electron chi connectivity index (χ2n) is 9.12. The summed E-state index contributed by atoms with van der Waals surface area (Å²) in [5.41, 5.74) is 1.74. The van der Waals surface area contributed by atoms with Gasteiger partial charge in [-0.15, -0.1) is 0 Å². The zero-order valence-electron chi connectivity index (χ0n) is 20.0. The fourth-order valence-corrected chi connectivity index (χ4v) is 4.79. The molecule has 0 atom stereocenters. The van der Waals surface area contributed by atoms with Gasteiger partial charge in [-0.25, -0.2) is 14.8 Å². The number of rotatable bonds is 6. The molecule has 0 radical (unpaired) electrons. The molecule has 2 aliphatic rings. The Hall–Kier alpha value is -3.01. The number of hydrogen-bond acceptors (Lipinski definition) is 8. The van der Waals surface area contributed by atoms with Crippen LogP contribution < -0.4 is 15.3 Å². The summed E-state index contributed by atoms with van der Waals surface area (Å²) < 4.78 is 23.4. The van der Waals surface area contributed by atoms with Gasteiger partial charge in [0.2, 0.25) is 12.2 Å². The molecule has 2 aromatic heterocycles. The summed E-state index contributed by atoms with van der Waals surface area (Å²) in [6.45, 7) is 7.68. The fraction of sp³-hybridized carbons (Fsp3) is 0.480. The molecular formula is C25H31N4O5+. The Morgan fingerprint density at radius 3 is 2.68 bits per heavy atom. The molecule has 0 unspecified atom stereocenters. The predicted molar refractivity (Wildman–Crippen MR) is 128 cm³/mol. The van der Waals surface area contributed by atoms with Crippen LogP contribution in [0.3, 0.4) is 0 Å². The third-order valence-corrected chi connectivity index (χ3v) is 6.82. The smallest absolute Gasteiger partial charge is 0.347 e. The van der Waals surface area contributed by atoms with E-state index in [1.54, 1.807) is 19.4 Å². The van der Waals surface area contributed by atoms with Crippen LogP contribution in [0.1, 0.15) is 12.5 Å². The van der Waals surface area contributed by atoms with Crippen LogP contribution >= 0.6 is 0 Å². The van der Waals surface area contributed by atoms with Crippen molar-refractivity contribution in [2.24, 2.45) is 0 Å². The van der Waals surface area contributed by atoms with Crippen LogP contribution in [0, 0.1) is 0 Å². The molecule has 0 amide bonds. The number of benzene rings is 1. The third-order valence-electron chi connectivity index (χ3n) is 6.82. The van der Waals surface area contributed by atoms with Gasteiger partial charge in [0, 0.05) is 12.3 Å². The first-order chi connectivity index (χ1) is 16.5. The van der Waals surface area contributed by atoms with Crippen LogP contribution in [0.2, 0.25) is 0 Å². The van der Waals surface area contributed by atoms with E-state index in [-0.39, 0.29) is 12.2 Å². The Kier molecular flexibility index (Phi) is 6.24. The van der Waals surface area contributed by atoms with Crippen molar-refractivity contribution in [2.75, 3.05) is 65.0 Å². The number of nitrogens with zero attached hydrogens (tertiary/aromatic N) is 4. The van der Waals surface area contributed by atoms with Gasteiger partial charge in [-0.1, -0.05) is 6.92 Å². The molecule has 0 saturated carbocycles. The SMILES string of the molecule is CCc1cc(OC)cc2nc(-c3cccnc3N3CC[N+](C)(CC4OCCO4)CC3)oc(=O)c12. The maximum atomic E-state index is 13.0. The highest BCUT2D eigenvalue weighted by Crippen LogP contribution is 2.31. The standard InChI is InChI=1S/C25H31N4O5/c1-4-17-14-18(31-3)15-20-22(17)25(30)34-24(27-20)19-6-5-7-26-23(19)28-8-10-29(2,11-9-28)16-21-32-12-13-33-21/h5-7,14-15,21H,4,8-13,16H2,1-3H3/q+1. The summed E-state index contributed by atoms with van der Waals surface area (Å²) in [4.78, 5) is 24.6. The van der Waals surface area contributed by atoms with E-state index in [9.17, 15) is 4.79 Å². The lowest BCUT2D eigenvalue weighted by Crippen LogP contribution is -2.60. The Morgan fingerprint density at radius 1 is 1.21 bits per heavy atom. The molecule has 5 rings (SSSR count). The summed E-state index contributed by atoms with van der Waals surface area (Å²) in [7, 11) is 3.85. The molecular weight excluding hydrogens is 436 g/mol. The monoisotopic (exact) mass is 467 g/mol. The van der Waals surface area contributed by atoms with E-state index in [1.807, 2.05) is 25.1 Å². The van der Waals surface area contributed by atoms with Gasteiger partial charge in [-0.3, -0.25) is 0 Å². The quantitative estimate of drug-likeness (QED) is 0.511. The van der Waals surface area contributed by atoms with Crippen molar-refractivity contribution in [3.05, 3.63) is 46.4 Å². The summed E-state index contributed by atoms with van der Waals surface area (Å²) in [5, 5.41) is 0.500. The molecule has 0 spiro atoms. The molecule has 0 bridgehead atoms. The van der Waals surface area contributed by atoms with Crippen molar-refractivity contribution in [1.29, 1.82) is 0 Å². The molecule has 2 saturated heterocycles. The molecule has 1 aromatic carbocycles. The number of hydrogen-bond donors (Lipinski definition) is 0. The summed E-state index contributed by atoms with van der Waals surface area (Å²) in [6.07, 6.45) is 2.32. The first kappa shape index (κ1) is 22.8. The van der Waals surface area contributed by atoms with Crippen molar-refractivity contribution >= 4 is 16.7 Å². The molecule has 0 N–H and O–H groups in total. The minimum absolute atomic E-state index is 0.122. The molecule has 0 aliphatic carbocycles.